The molecule has 0 aromatic rings. The van der Waals surface area contributed by atoms with Crippen LogP contribution in [0.15, 0.2) is 0 Å². The quantitative estimate of drug-likeness (QED) is 0.448. The average Bonchev–Trinajstić information content (AvgIpc) is 2.01. The summed E-state index contributed by atoms with van der Waals surface area (Å²) in [5.74, 6) is -1.28. The first-order valence-electron chi connectivity index (χ1n) is 2.85. The van der Waals surface area contributed by atoms with Crippen LogP contribution in [-0.2, 0) is 9.53 Å². The van der Waals surface area contributed by atoms with Gasteiger partial charge in [-0.1, -0.05) is 0 Å². The molecule has 2 unspecified atom stereocenters. The van der Waals surface area contributed by atoms with Crippen LogP contribution in [0.25, 0.3) is 0 Å². The van der Waals surface area contributed by atoms with Crippen molar-refractivity contribution in [2.45, 2.75) is 18.7 Å². The molecule has 62 valence electrons. The predicted octanol–water partition coefficient (Wildman–Crippen LogP) is -0.228. The number of ether oxygens (including phenoxy) is 1. The van der Waals surface area contributed by atoms with Gasteiger partial charge >= 0.3 is 5.97 Å². The van der Waals surface area contributed by atoms with E-state index in [2.05, 4.69) is 4.74 Å². The Balaban J connectivity index is 4.64. The number of aliphatic hydroxyl groups is 1. The van der Waals surface area contributed by atoms with E-state index in [9.17, 15) is 9.18 Å². The van der Waals surface area contributed by atoms with Gasteiger partial charge in [0.15, 0.2) is 6.17 Å². The van der Waals surface area contributed by atoms with Crippen molar-refractivity contribution in [3.8, 4) is 6.07 Å². The maximum Gasteiger partial charge on any atom is 0.356 e. The second-order valence-electron chi connectivity index (χ2n) is 1.99. The Kier molecular flexibility index (Phi) is 2.96. The SMILES string of the molecule is COC(=O)C(O)(C#N)C(C)F. The fourth-order valence-corrected chi connectivity index (χ4v) is 0.453. The Hall–Kier alpha value is -1.15. The predicted molar refractivity (Wildman–Crippen MR) is 33.1 cm³/mol. The highest BCUT2D eigenvalue weighted by atomic mass is 19.1. The fraction of sp³-hybridized carbons (Fsp3) is 0.667. The van der Waals surface area contributed by atoms with Crippen molar-refractivity contribution in [3.63, 3.8) is 0 Å². The zero-order chi connectivity index (χ0) is 9.07. The minimum Gasteiger partial charge on any atom is -0.466 e. The van der Waals surface area contributed by atoms with Crippen LogP contribution in [0.2, 0.25) is 0 Å². The van der Waals surface area contributed by atoms with Crippen molar-refractivity contribution in [1.82, 2.24) is 0 Å². The van der Waals surface area contributed by atoms with Crippen molar-refractivity contribution in [2.24, 2.45) is 0 Å². The van der Waals surface area contributed by atoms with Gasteiger partial charge < -0.3 is 9.84 Å². The van der Waals surface area contributed by atoms with Gasteiger partial charge in [0.05, 0.1) is 7.11 Å². The number of nitriles is 1. The van der Waals surface area contributed by atoms with Gasteiger partial charge in [-0.25, -0.2) is 9.18 Å². The fourth-order valence-electron chi connectivity index (χ4n) is 0.453. The van der Waals surface area contributed by atoms with Crippen molar-refractivity contribution in [1.29, 1.82) is 5.26 Å². The molecule has 0 fully saturated rings. The minimum atomic E-state index is -2.67. The van der Waals surface area contributed by atoms with Crippen LogP contribution in [-0.4, -0.2) is 30.0 Å². The molecule has 0 aliphatic carbocycles. The van der Waals surface area contributed by atoms with E-state index in [4.69, 9.17) is 10.4 Å². The Morgan fingerprint density at radius 3 is 2.45 bits per heavy atom. The van der Waals surface area contributed by atoms with E-state index in [0.717, 1.165) is 20.1 Å². The molecule has 0 aliphatic rings. The molecule has 0 bridgehead atoms. The van der Waals surface area contributed by atoms with Crippen LogP contribution in [0.5, 0.6) is 0 Å². The molecule has 0 aromatic carbocycles. The van der Waals surface area contributed by atoms with Gasteiger partial charge in [-0.3, -0.25) is 0 Å². The number of hydrogen-bond donors (Lipinski definition) is 1. The topological polar surface area (TPSA) is 70.3 Å². The number of rotatable bonds is 2. The third kappa shape index (κ3) is 1.65. The Bertz CT molecular complexity index is 198. The molecule has 0 rings (SSSR count). The Morgan fingerprint density at radius 2 is 2.36 bits per heavy atom. The molecule has 0 saturated carbocycles. The van der Waals surface area contributed by atoms with E-state index in [0.29, 0.717) is 0 Å². The Morgan fingerprint density at radius 1 is 1.91 bits per heavy atom. The van der Waals surface area contributed by atoms with Crippen molar-refractivity contribution < 1.29 is 19.0 Å². The summed E-state index contributed by atoms with van der Waals surface area (Å²) in [6.45, 7) is 0.903. The number of carbonyl (C=O) groups excluding carboxylic acids is 1. The molecule has 0 heterocycles. The van der Waals surface area contributed by atoms with E-state index < -0.39 is 17.7 Å². The van der Waals surface area contributed by atoms with Gasteiger partial charge in [0.25, 0.3) is 5.60 Å². The van der Waals surface area contributed by atoms with Crippen LogP contribution in [0, 0.1) is 11.3 Å². The van der Waals surface area contributed by atoms with Crippen LogP contribution in [0.1, 0.15) is 6.92 Å². The number of carbonyl (C=O) groups is 1. The maximum atomic E-state index is 12.4. The number of methoxy groups -OCH3 is 1. The number of halogens is 1. The second kappa shape index (κ2) is 3.30. The highest BCUT2D eigenvalue weighted by Gasteiger charge is 2.44. The van der Waals surface area contributed by atoms with Crippen molar-refractivity contribution in [3.05, 3.63) is 0 Å². The maximum absolute atomic E-state index is 12.4. The molecule has 4 nitrogen and oxygen atoms in total. The summed E-state index contributed by atoms with van der Waals surface area (Å²) < 4.78 is 16.4. The van der Waals surface area contributed by atoms with Gasteiger partial charge in [0, 0.05) is 0 Å². The van der Waals surface area contributed by atoms with Crippen LogP contribution < -0.4 is 0 Å². The van der Waals surface area contributed by atoms with E-state index in [1.54, 1.807) is 0 Å². The molecule has 2 atom stereocenters. The summed E-state index contributed by atoms with van der Waals surface area (Å²) >= 11 is 0. The van der Waals surface area contributed by atoms with E-state index in [1.807, 2.05) is 0 Å². The lowest BCUT2D eigenvalue weighted by molar-refractivity contribution is -0.161. The normalized spacial score (nSPS) is 17.7. The highest BCUT2D eigenvalue weighted by Crippen LogP contribution is 2.14. The highest BCUT2D eigenvalue weighted by molar-refractivity contribution is 5.83. The van der Waals surface area contributed by atoms with Crippen molar-refractivity contribution >= 4 is 5.97 Å². The molecule has 5 heteroatoms. The average molecular weight is 161 g/mol. The molecule has 0 saturated heterocycles. The van der Waals surface area contributed by atoms with Gasteiger partial charge in [-0.2, -0.15) is 5.26 Å². The first-order valence-corrected chi connectivity index (χ1v) is 2.85. The number of hydrogen-bond acceptors (Lipinski definition) is 4. The molecule has 0 spiro atoms. The smallest absolute Gasteiger partial charge is 0.356 e. The zero-order valence-electron chi connectivity index (χ0n) is 6.17. The van der Waals surface area contributed by atoms with Gasteiger partial charge in [0.1, 0.15) is 6.07 Å². The second-order valence-corrected chi connectivity index (χ2v) is 1.99. The van der Waals surface area contributed by atoms with Crippen molar-refractivity contribution in [2.75, 3.05) is 7.11 Å². The van der Waals surface area contributed by atoms with E-state index in [-0.39, 0.29) is 0 Å². The third-order valence-corrected chi connectivity index (χ3v) is 1.24. The summed E-state index contributed by atoms with van der Waals surface area (Å²) in [6.07, 6.45) is -1.97. The van der Waals surface area contributed by atoms with E-state index in [1.165, 1.54) is 0 Å². The summed E-state index contributed by atoms with van der Waals surface area (Å²) in [6, 6.07) is 1.13. The van der Waals surface area contributed by atoms with Gasteiger partial charge in [-0.15, -0.1) is 0 Å². The third-order valence-electron chi connectivity index (χ3n) is 1.24. The minimum absolute atomic E-state index is 0.903. The van der Waals surface area contributed by atoms with E-state index >= 15 is 0 Å². The summed E-state index contributed by atoms with van der Waals surface area (Å²) in [5.41, 5.74) is -2.67. The lowest BCUT2D eigenvalue weighted by atomic mass is 10.0. The molecule has 0 amide bonds. The Labute approximate surface area is 63.2 Å². The van der Waals surface area contributed by atoms with Gasteiger partial charge in [-0.05, 0) is 6.92 Å². The lowest BCUT2D eigenvalue weighted by Crippen LogP contribution is -2.45. The largest absolute Gasteiger partial charge is 0.466 e. The van der Waals surface area contributed by atoms with Crippen LogP contribution in [0.4, 0.5) is 4.39 Å². The summed E-state index contributed by atoms with van der Waals surface area (Å²) in [7, 11) is 0.965. The number of alkyl halides is 1. The first kappa shape index (κ1) is 9.85. The number of esters is 1. The standard InChI is InChI=1S/C6H8FNO3/c1-4(7)6(10,3-8)5(9)11-2/h4,10H,1-2H3. The zero-order valence-corrected chi connectivity index (χ0v) is 6.17. The first-order chi connectivity index (χ1) is 4.99. The van der Waals surface area contributed by atoms with Gasteiger partial charge in [0.2, 0.25) is 0 Å². The molecule has 0 aromatic heterocycles. The summed E-state index contributed by atoms with van der Waals surface area (Å²) in [4.78, 5) is 10.6. The van der Waals surface area contributed by atoms with Crippen LogP contribution >= 0.6 is 0 Å². The molecular formula is C6H8FNO3. The molecule has 0 radical (unpaired) electrons. The summed E-state index contributed by atoms with van der Waals surface area (Å²) in [5, 5.41) is 17.2. The molecule has 11 heavy (non-hydrogen) atoms. The monoisotopic (exact) mass is 161 g/mol. The molecule has 1 N–H and O–H groups in total. The molecular weight excluding hydrogens is 153 g/mol. The molecule has 0 aliphatic heterocycles. The number of nitrogens with zero attached hydrogens (tertiary/aromatic N) is 1. The van der Waals surface area contributed by atoms with Crippen LogP contribution in [0.3, 0.4) is 0 Å². The lowest BCUT2D eigenvalue weighted by Gasteiger charge is -2.17.